The predicted octanol–water partition coefficient (Wildman–Crippen LogP) is 2.77. The molecule has 1 heterocycles. The van der Waals surface area contributed by atoms with E-state index < -0.39 is 24.3 Å². The Balaban J connectivity index is 1.84. The zero-order valence-electron chi connectivity index (χ0n) is 14.3. The number of imide groups is 1. The van der Waals surface area contributed by atoms with E-state index in [4.69, 9.17) is 4.74 Å². The van der Waals surface area contributed by atoms with Gasteiger partial charge in [-0.25, -0.2) is 0 Å². The lowest BCUT2D eigenvalue weighted by Gasteiger charge is -2.12. The van der Waals surface area contributed by atoms with E-state index in [2.05, 4.69) is 10.1 Å². The lowest BCUT2D eigenvalue weighted by Crippen LogP contribution is -2.24. The van der Waals surface area contributed by atoms with Crippen LogP contribution in [0.1, 0.15) is 31.1 Å². The molecule has 0 atom stereocenters. The van der Waals surface area contributed by atoms with Crippen LogP contribution in [0.5, 0.6) is 11.5 Å². The molecule has 1 N–H and O–H groups in total. The molecule has 9 heteroatoms. The van der Waals surface area contributed by atoms with E-state index in [1.165, 1.54) is 50.6 Å². The number of hydrogen-bond acceptors (Lipinski definition) is 5. The van der Waals surface area contributed by atoms with Crippen molar-refractivity contribution in [2.24, 2.45) is 0 Å². The molecule has 0 radical (unpaired) electrons. The SMILES string of the molecule is COc1ccc(NC(=O)c2ccc3c(c2)C(=O)N(C)C3=O)cc1OC(F)F. The predicted molar refractivity (Wildman–Crippen MR) is 90.4 cm³/mol. The van der Waals surface area contributed by atoms with Gasteiger partial charge in [-0.3, -0.25) is 19.3 Å². The Morgan fingerprint density at radius 3 is 2.41 bits per heavy atom. The van der Waals surface area contributed by atoms with E-state index in [9.17, 15) is 23.2 Å². The van der Waals surface area contributed by atoms with E-state index in [1.807, 2.05) is 0 Å². The first-order valence-electron chi connectivity index (χ1n) is 7.72. The molecule has 0 aromatic heterocycles. The molecule has 7 nitrogen and oxygen atoms in total. The van der Waals surface area contributed by atoms with Crippen LogP contribution < -0.4 is 14.8 Å². The summed E-state index contributed by atoms with van der Waals surface area (Å²) < 4.78 is 34.3. The summed E-state index contributed by atoms with van der Waals surface area (Å²) >= 11 is 0. The molecule has 2 aromatic carbocycles. The number of amides is 3. The Kier molecular flexibility index (Phi) is 4.76. The molecule has 0 saturated carbocycles. The summed E-state index contributed by atoms with van der Waals surface area (Å²) in [7, 11) is 2.65. The van der Waals surface area contributed by atoms with Gasteiger partial charge in [0.25, 0.3) is 17.7 Å². The summed E-state index contributed by atoms with van der Waals surface area (Å²) in [5.41, 5.74) is 0.677. The molecule has 1 aliphatic heterocycles. The van der Waals surface area contributed by atoms with E-state index in [-0.39, 0.29) is 33.9 Å². The monoisotopic (exact) mass is 376 g/mol. The Hall–Kier alpha value is -3.49. The molecule has 0 spiro atoms. The number of carbonyl (C=O) groups is 3. The molecule has 0 bridgehead atoms. The number of ether oxygens (including phenoxy) is 2. The summed E-state index contributed by atoms with van der Waals surface area (Å²) in [6.07, 6.45) is 0. The Morgan fingerprint density at radius 1 is 1.04 bits per heavy atom. The van der Waals surface area contributed by atoms with Crippen molar-refractivity contribution in [2.45, 2.75) is 6.61 Å². The number of fused-ring (bicyclic) bond motifs is 1. The van der Waals surface area contributed by atoms with Gasteiger partial charge in [-0.05, 0) is 30.3 Å². The fourth-order valence-corrected chi connectivity index (χ4v) is 2.65. The largest absolute Gasteiger partial charge is 0.493 e. The van der Waals surface area contributed by atoms with Gasteiger partial charge in [-0.1, -0.05) is 0 Å². The highest BCUT2D eigenvalue weighted by molar-refractivity contribution is 6.22. The molecule has 2 aromatic rings. The van der Waals surface area contributed by atoms with Crippen molar-refractivity contribution in [1.82, 2.24) is 4.90 Å². The van der Waals surface area contributed by atoms with Gasteiger partial charge >= 0.3 is 6.61 Å². The van der Waals surface area contributed by atoms with Gasteiger partial charge in [0, 0.05) is 24.4 Å². The molecule has 0 aliphatic carbocycles. The van der Waals surface area contributed by atoms with Crippen LogP contribution in [0.25, 0.3) is 0 Å². The van der Waals surface area contributed by atoms with Crippen molar-refractivity contribution in [3.05, 3.63) is 53.1 Å². The van der Waals surface area contributed by atoms with Gasteiger partial charge in [0.05, 0.1) is 18.2 Å². The first-order chi connectivity index (χ1) is 12.8. The minimum absolute atomic E-state index is 0.0815. The summed E-state index contributed by atoms with van der Waals surface area (Å²) in [5, 5.41) is 2.52. The van der Waals surface area contributed by atoms with Crippen LogP contribution in [-0.4, -0.2) is 43.4 Å². The van der Waals surface area contributed by atoms with Crippen LogP contribution >= 0.6 is 0 Å². The average Bonchev–Trinajstić information content (AvgIpc) is 2.85. The summed E-state index contributed by atoms with van der Waals surface area (Å²) in [5.74, 6) is -1.67. The lowest BCUT2D eigenvalue weighted by molar-refractivity contribution is -0.0511. The maximum Gasteiger partial charge on any atom is 0.387 e. The first kappa shape index (κ1) is 18.3. The number of anilines is 1. The highest BCUT2D eigenvalue weighted by atomic mass is 19.3. The molecule has 0 unspecified atom stereocenters. The minimum Gasteiger partial charge on any atom is -0.493 e. The fourth-order valence-electron chi connectivity index (χ4n) is 2.65. The highest BCUT2D eigenvalue weighted by Crippen LogP contribution is 2.32. The van der Waals surface area contributed by atoms with Crippen molar-refractivity contribution < 1.29 is 32.6 Å². The maximum absolute atomic E-state index is 12.5. The molecule has 1 aliphatic rings. The minimum atomic E-state index is -3.05. The van der Waals surface area contributed by atoms with Gasteiger partial charge in [0.1, 0.15) is 0 Å². The number of nitrogens with one attached hydrogen (secondary N) is 1. The van der Waals surface area contributed by atoms with Gasteiger partial charge in [0.2, 0.25) is 0 Å². The van der Waals surface area contributed by atoms with E-state index in [0.717, 1.165) is 4.90 Å². The number of carbonyl (C=O) groups excluding carboxylic acids is 3. The zero-order valence-corrected chi connectivity index (χ0v) is 14.3. The van der Waals surface area contributed by atoms with Crippen LogP contribution in [-0.2, 0) is 0 Å². The van der Waals surface area contributed by atoms with Crippen LogP contribution in [0.3, 0.4) is 0 Å². The van der Waals surface area contributed by atoms with Crippen molar-refractivity contribution in [2.75, 3.05) is 19.5 Å². The lowest BCUT2D eigenvalue weighted by atomic mass is 10.1. The maximum atomic E-state index is 12.5. The molecule has 3 rings (SSSR count). The van der Waals surface area contributed by atoms with Crippen molar-refractivity contribution in [1.29, 1.82) is 0 Å². The van der Waals surface area contributed by atoms with Gasteiger partial charge in [0.15, 0.2) is 11.5 Å². The van der Waals surface area contributed by atoms with Crippen LogP contribution in [0, 0.1) is 0 Å². The third-order valence-corrected chi connectivity index (χ3v) is 3.99. The molecule has 140 valence electrons. The Morgan fingerprint density at radius 2 is 1.74 bits per heavy atom. The standard InChI is InChI=1S/C18H14F2N2O5/c1-22-16(24)11-5-3-9(7-12(11)17(22)25)15(23)21-10-4-6-13(26-2)14(8-10)27-18(19)20/h3-8,18H,1-2H3,(H,21,23). The number of rotatable bonds is 5. The van der Waals surface area contributed by atoms with Crippen molar-refractivity contribution in [3.8, 4) is 11.5 Å². The average molecular weight is 376 g/mol. The van der Waals surface area contributed by atoms with Gasteiger partial charge in [-0.15, -0.1) is 0 Å². The van der Waals surface area contributed by atoms with E-state index in [0.29, 0.717) is 0 Å². The normalized spacial score (nSPS) is 13.0. The second-order valence-electron chi connectivity index (χ2n) is 5.63. The van der Waals surface area contributed by atoms with Crippen LogP contribution in [0.4, 0.5) is 14.5 Å². The number of halogens is 2. The molecular weight excluding hydrogens is 362 g/mol. The van der Waals surface area contributed by atoms with E-state index in [1.54, 1.807) is 0 Å². The van der Waals surface area contributed by atoms with Crippen LogP contribution in [0.15, 0.2) is 36.4 Å². The van der Waals surface area contributed by atoms with Gasteiger partial charge < -0.3 is 14.8 Å². The third kappa shape index (κ3) is 3.43. The first-order valence-corrected chi connectivity index (χ1v) is 7.72. The van der Waals surface area contributed by atoms with Gasteiger partial charge in [-0.2, -0.15) is 8.78 Å². The number of benzene rings is 2. The van der Waals surface area contributed by atoms with Crippen molar-refractivity contribution in [3.63, 3.8) is 0 Å². The molecule has 3 amide bonds. The molecular formula is C18H14F2N2O5. The molecule has 0 saturated heterocycles. The topological polar surface area (TPSA) is 84.9 Å². The summed E-state index contributed by atoms with van der Waals surface area (Å²) in [6, 6.07) is 8.12. The third-order valence-electron chi connectivity index (χ3n) is 3.99. The zero-order chi connectivity index (χ0) is 19.7. The number of hydrogen-bond donors (Lipinski definition) is 1. The second-order valence-corrected chi connectivity index (χ2v) is 5.63. The second kappa shape index (κ2) is 7.02. The highest BCUT2D eigenvalue weighted by Gasteiger charge is 2.33. The number of methoxy groups -OCH3 is 1. The van der Waals surface area contributed by atoms with E-state index >= 15 is 0 Å². The fraction of sp³-hybridized carbons (Fsp3) is 0.167. The number of alkyl halides is 2. The Bertz CT molecular complexity index is 945. The quantitative estimate of drug-likeness (QED) is 0.811. The summed E-state index contributed by atoms with van der Waals surface area (Å²) in [6.45, 7) is -3.05. The smallest absolute Gasteiger partial charge is 0.387 e. The summed E-state index contributed by atoms with van der Waals surface area (Å²) in [4.78, 5) is 37.3. The van der Waals surface area contributed by atoms with Crippen molar-refractivity contribution >= 4 is 23.4 Å². The molecule has 27 heavy (non-hydrogen) atoms. The Labute approximate surface area is 152 Å². The van der Waals surface area contributed by atoms with Crippen LogP contribution in [0.2, 0.25) is 0 Å². The number of nitrogens with zero attached hydrogens (tertiary/aromatic N) is 1. The molecule has 0 fully saturated rings.